The number of carbonyl (C=O) groups excluding carboxylic acids is 1. The van der Waals surface area contributed by atoms with Gasteiger partial charge in [0, 0.05) is 23.0 Å². The Bertz CT molecular complexity index is 465. The maximum absolute atomic E-state index is 12.4. The van der Waals surface area contributed by atoms with Crippen molar-refractivity contribution in [1.29, 1.82) is 0 Å². The Labute approximate surface area is 105 Å². The van der Waals surface area contributed by atoms with Gasteiger partial charge in [-0.2, -0.15) is 0 Å². The summed E-state index contributed by atoms with van der Waals surface area (Å²) in [6.07, 6.45) is 2.95. The van der Waals surface area contributed by atoms with E-state index in [1.807, 2.05) is 26.0 Å². The summed E-state index contributed by atoms with van der Waals surface area (Å²) in [7, 11) is -1.03. The molecule has 92 valence electrons. The molecule has 1 aliphatic carbocycles. The van der Waals surface area contributed by atoms with Gasteiger partial charge in [-0.1, -0.05) is 17.7 Å². The summed E-state index contributed by atoms with van der Waals surface area (Å²) in [6, 6.07) is 5.99. The molecular weight excluding hydrogens is 232 g/mol. The summed E-state index contributed by atoms with van der Waals surface area (Å²) < 4.78 is 12.4. The van der Waals surface area contributed by atoms with E-state index < -0.39 is 10.8 Å². The van der Waals surface area contributed by atoms with E-state index in [9.17, 15) is 9.00 Å². The summed E-state index contributed by atoms with van der Waals surface area (Å²) >= 11 is 0. The van der Waals surface area contributed by atoms with Crippen LogP contribution in [0, 0.1) is 13.8 Å². The predicted octanol–water partition coefficient (Wildman–Crippen LogP) is 2.92. The third kappa shape index (κ3) is 2.83. The first-order chi connectivity index (χ1) is 8.08. The topological polar surface area (TPSA) is 34.1 Å². The molecule has 0 aromatic heterocycles. The quantitative estimate of drug-likeness (QED) is 0.808. The van der Waals surface area contributed by atoms with Crippen LogP contribution in [0.15, 0.2) is 23.1 Å². The van der Waals surface area contributed by atoms with E-state index in [0.29, 0.717) is 12.8 Å². The van der Waals surface area contributed by atoms with Crippen LogP contribution in [0.2, 0.25) is 0 Å². The Balaban J connectivity index is 2.21. The molecule has 0 aliphatic heterocycles. The van der Waals surface area contributed by atoms with Crippen LogP contribution in [0.5, 0.6) is 0 Å². The first kappa shape index (κ1) is 12.5. The second kappa shape index (κ2) is 5.13. The van der Waals surface area contributed by atoms with Crippen molar-refractivity contribution in [3.8, 4) is 0 Å². The maximum Gasteiger partial charge on any atom is 0.134 e. The van der Waals surface area contributed by atoms with Crippen LogP contribution in [0.1, 0.15) is 36.8 Å². The van der Waals surface area contributed by atoms with Crippen molar-refractivity contribution in [3.05, 3.63) is 29.3 Å². The van der Waals surface area contributed by atoms with Crippen molar-refractivity contribution in [2.24, 2.45) is 0 Å². The zero-order valence-corrected chi connectivity index (χ0v) is 11.2. The molecule has 1 saturated carbocycles. The van der Waals surface area contributed by atoms with Crippen molar-refractivity contribution >= 4 is 16.6 Å². The highest BCUT2D eigenvalue weighted by atomic mass is 32.2. The number of Topliss-reactive ketones (excluding diaryl/α,β-unsaturated/α-hetero) is 1. The fourth-order valence-corrected chi connectivity index (χ4v) is 4.03. The average Bonchev–Trinajstić information content (AvgIpc) is 2.28. The van der Waals surface area contributed by atoms with Gasteiger partial charge in [-0.05, 0) is 38.3 Å². The van der Waals surface area contributed by atoms with Gasteiger partial charge < -0.3 is 0 Å². The minimum absolute atomic E-state index is 0.0256. The lowest BCUT2D eigenvalue weighted by Crippen LogP contribution is -2.24. The van der Waals surface area contributed by atoms with Gasteiger partial charge in [0.15, 0.2) is 0 Å². The third-order valence-corrected chi connectivity index (χ3v) is 5.19. The molecule has 0 spiro atoms. The predicted molar refractivity (Wildman–Crippen MR) is 69.6 cm³/mol. The summed E-state index contributed by atoms with van der Waals surface area (Å²) in [5.74, 6) is 0.263. The fraction of sp³-hybridized carbons (Fsp3) is 0.500. The summed E-state index contributed by atoms with van der Waals surface area (Å²) in [5, 5.41) is 0.0256. The van der Waals surface area contributed by atoms with Crippen LogP contribution in [0.25, 0.3) is 0 Å². The number of hydrogen-bond acceptors (Lipinski definition) is 2. The van der Waals surface area contributed by atoms with Crippen molar-refractivity contribution in [1.82, 2.24) is 0 Å². The van der Waals surface area contributed by atoms with E-state index >= 15 is 0 Å². The number of ketones is 1. The monoisotopic (exact) mass is 250 g/mol. The number of hydrogen-bond donors (Lipinski definition) is 0. The molecule has 0 N–H and O–H groups in total. The first-order valence-corrected chi connectivity index (χ1v) is 7.29. The van der Waals surface area contributed by atoms with Crippen LogP contribution in [-0.2, 0) is 15.6 Å². The highest BCUT2D eigenvalue weighted by Crippen LogP contribution is 2.26. The zero-order valence-electron chi connectivity index (χ0n) is 10.4. The van der Waals surface area contributed by atoms with Crippen molar-refractivity contribution in [2.75, 3.05) is 0 Å². The lowest BCUT2D eigenvalue weighted by molar-refractivity contribution is -0.120. The van der Waals surface area contributed by atoms with Gasteiger partial charge in [0.2, 0.25) is 0 Å². The maximum atomic E-state index is 12.4. The third-order valence-electron chi connectivity index (χ3n) is 3.29. The van der Waals surface area contributed by atoms with Crippen LogP contribution in [0.3, 0.4) is 0 Å². The van der Waals surface area contributed by atoms with Gasteiger partial charge in [0.05, 0.1) is 10.8 Å². The van der Waals surface area contributed by atoms with Gasteiger partial charge in [0.25, 0.3) is 0 Å². The van der Waals surface area contributed by atoms with Crippen LogP contribution >= 0.6 is 0 Å². The standard InChI is InChI=1S/C14H18O2S/c1-10-6-7-14(11(2)8-10)17(16)13-5-3-4-12(15)9-13/h6-8,13H,3-5,9H2,1-2H3. The van der Waals surface area contributed by atoms with E-state index in [-0.39, 0.29) is 11.0 Å². The van der Waals surface area contributed by atoms with E-state index in [4.69, 9.17) is 0 Å². The van der Waals surface area contributed by atoms with Gasteiger partial charge >= 0.3 is 0 Å². The molecule has 2 atom stereocenters. The Morgan fingerprint density at radius 2 is 2.06 bits per heavy atom. The molecule has 0 bridgehead atoms. The fourth-order valence-electron chi connectivity index (χ4n) is 2.37. The van der Waals surface area contributed by atoms with E-state index in [1.165, 1.54) is 5.56 Å². The molecule has 1 aliphatic rings. The number of aryl methyl sites for hydroxylation is 2. The Kier molecular flexibility index (Phi) is 3.77. The molecule has 2 unspecified atom stereocenters. The molecule has 1 fully saturated rings. The van der Waals surface area contributed by atoms with Gasteiger partial charge in [-0.25, -0.2) is 0 Å². The van der Waals surface area contributed by atoms with Crippen molar-refractivity contribution in [3.63, 3.8) is 0 Å². The molecule has 2 nitrogen and oxygen atoms in total. The van der Waals surface area contributed by atoms with Gasteiger partial charge in [0.1, 0.15) is 5.78 Å². The Morgan fingerprint density at radius 3 is 2.71 bits per heavy atom. The van der Waals surface area contributed by atoms with E-state index in [0.717, 1.165) is 23.3 Å². The van der Waals surface area contributed by atoms with Crippen LogP contribution in [-0.4, -0.2) is 15.2 Å². The summed E-state index contributed by atoms with van der Waals surface area (Å²) in [6.45, 7) is 4.02. The SMILES string of the molecule is Cc1ccc(S(=O)C2CCCC(=O)C2)c(C)c1. The van der Waals surface area contributed by atoms with E-state index in [2.05, 4.69) is 6.07 Å². The summed E-state index contributed by atoms with van der Waals surface area (Å²) in [5.41, 5.74) is 2.25. The van der Waals surface area contributed by atoms with Crippen molar-refractivity contribution in [2.45, 2.75) is 49.7 Å². The molecule has 1 aromatic rings. The van der Waals surface area contributed by atoms with Gasteiger partial charge in [-0.3, -0.25) is 9.00 Å². The Morgan fingerprint density at radius 1 is 1.29 bits per heavy atom. The molecule has 17 heavy (non-hydrogen) atoms. The second-order valence-electron chi connectivity index (χ2n) is 4.82. The number of carbonyl (C=O) groups is 1. The molecule has 2 rings (SSSR count). The molecule has 0 radical (unpaired) electrons. The number of rotatable bonds is 2. The smallest absolute Gasteiger partial charge is 0.134 e. The molecule has 0 saturated heterocycles. The highest BCUT2D eigenvalue weighted by Gasteiger charge is 2.26. The molecule has 3 heteroatoms. The lowest BCUT2D eigenvalue weighted by atomic mass is 9.99. The van der Waals surface area contributed by atoms with Crippen molar-refractivity contribution < 1.29 is 9.00 Å². The van der Waals surface area contributed by atoms with Crippen LogP contribution < -0.4 is 0 Å². The van der Waals surface area contributed by atoms with E-state index in [1.54, 1.807) is 0 Å². The largest absolute Gasteiger partial charge is 0.300 e. The molecular formula is C14H18O2S. The number of benzene rings is 1. The molecule has 0 heterocycles. The first-order valence-electron chi connectivity index (χ1n) is 6.07. The summed E-state index contributed by atoms with van der Waals surface area (Å²) in [4.78, 5) is 12.3. The highest BCUT2D eigenvalue weighted by molar-refractivity contribution is 7.85. The minimum Gasteiger partial charge on any atom is -0.300 e. The second-order valence-corrected chi connectivity index (χ2v) is 6.52. The average molecular weight is 250 g/mol. The minimum atomic E-state index is -1.03. The van der Waals surface area contributed by atoms with Gasteiger partial charge in [-0.15, -0.1) is 0 Å². The van der Waals surface area contributed by atoms with Crippen LogP contribution in [0.4, 0.5) is 0 Å². The zero-order chi connectivity index (χ0) is 12.4. The molecule has 1 aromatic carbocycles. The lowest BCUT2D eigenvalue weighted by Gasteiger charge is -2.21. The Hall–Kier alpha value is -0.960. The molecule has 0 amide bonds. The normalized spacial score (nSPS) is 22.5.